The number of carbonyl (C=O) groups excluding carboxylic acids is 2. The molecule has 1 aromatic rings. The van der Waals surface area contributed by atoms with Crippen molar-refractivity contribution in [3.8, 4) is 5.75 Å². The van der Waals surface area contributed by atoms with E-state index >= 15 is 0 Å². The van der Waals surface area contributed by atoms with Crippen molar-refractivity contribution in [1.29, 1.82) is 0 Å². The molecule has 1 aliphatic rings. The average molecular weight is 284 g/mol. The molecule has 0 aliphatic carbocycles. The molecule has 20 heavy (non-hydrogen) atoms. The van der Waals surface area contributed by atoms with Gasteiger partial charge in [0, 0.05) is 19.5 Å². The van der Waals surface area contributed by atoms with Crippen molar-refractivity contribution >= 4 is 11.8 Å². The Morgan fingerprint density at radius 3 is 2.85 bits per heavy atom. The van der Waals surface area contributed by atoms with Gasteiger partial charge in [-0.25, -0.2) is 0 Å². The molecular weight excluding hydrogens is 270 g/mol. The monoisotopic (exact) mass is 284 g/mol. The number of amides is 2. The molecule has 1 aromatic carbocycles. The number of benzene rings is 1. The van der Waals surface area contributed by atoms with Gasteiger partial charge in [0.2, 0.25) is 11.8 Å². The van der Waals surface area contributed by atoms with Gasteiger partial charge in [-0.05, 0) is 17.7 Å². The number of hydrogen-bond donors (Lipinski definition) is 1. The highest BCUT2D eigenvalue weighted by Crippen LogP contribution is 2.22. The highest BCUT2D eigenvalue weighted by molar-refractivity contribution is 5.88. The molecule has 0 radical (unpaired) electrons. The molecule has 7 heteroatoms. The number of nitrogens with two attached hydrogens (primary N) is 1. The van der Waals surface area contributed by atoms with Gasteiger partial charge in [-0.3, -0.25) is 9.59 Å². The molecule has 1 atom stereocenters. The van der Waals surface area contributed by atoms with Crippen LogP contribution in [-0.2, 0) is 16.1 Å². The topological polar surface area (TPSA) is 72.6 Å². The van der Waals surface area contributed by atoms with Crippen molar-refractivity contribution in [2.75, 3.05) is 6.54 Å². The summed E-state index contributed by atoms with van der Waals surface area (Å²) >= 11 is 0. The third-order valence-electron chi connectivity index (χ3n) is 3.11. The van der Waals surface area contributed by atoms with Crippen molar-refractivity contribution in [2.24, 2.45) is 11.7 Å². The second-order valence-corrected chi connectivity index (χ2v) is 4.60. The minimum Gasteiger partial charge on any atom is -0.435 e. The summed E-state index contributed by atoms with van der Waals surface area (Å²) in [5, 5.41) is 0. The van der Waals surface area contributed by atoms with Crippen molar-refractivity contribution in [2.45, 2.75) is 19.6 Å². The number of likely N-dealkylation sites (tertiary alicyclic amines) is 1. The zero-order valence-corrected chi connectivity index (χ0v) is 10.6. The van der Waals surface area contributed by atoms with Crippen LogP contribution < -0.4 is 10.5 Å². The van der Waals surface area contributed by atoms with Crippen LogP contribution in [0.3, 0.4) is 0 Å². The van der Waals surface area contributed by atoms with Crippen molar-refractivity contribution in [3.05, 3.63) is 29.8 Å². The Kier molecular flexibility index (Phi) is 4.16. The third kappa shape index (κ3) is 3.43. The van der Waals surface area contributed by atoms with E-state index in [1.807, 2.05) is 0 Å². The predicted molar refractivity (Wildman–Crippen MR) is 65.8 cm³/mol. The SMILES string of the molecule is NC(=O)C1CC(=O)N(Cc2cccc(OC(F)F)c2)C1. The summed E-state index contributed by atoms with van der Waals surface area (Å²) in [5.41, 5.74) is 5.83. The first kappa shape index (κ1) is 14.2. The lowest BCUT2D eigenvalue weighted by molar-refractivity contribution is -0.128. The van der Waals surface area contributed by atoms with Crippen LogP contribution in [-0.4, -0.2) is 29.9 Å². The van der Waals surface area contributed by atoms with Gasteiger partial charge in [0.15, 0.2) is 0 Å². The van der Waals surface area contributed by atoms with Gasteiger partial charge in [0.05, 0.1) is 5.92 Å². The number of alkyl halides is 2. The fraction of sp³-hybridized carbons (Fsp3) is 0.385. The van der Waals surface area contributed by atoms with Crippen LogP contribution in [0.5, 0.6) is 5.75 Å². The number of halogens is 2. The van der Waals surface area contributed by atoms with E-state index in [0.29, 0.717) is 5.56 Å². The van der Waals surface area contributed by atoms with E-state index in [2.05, 4.69) is 4.74 Å². The molecule has 0 saturated carbocycles. The first-order valence-corrected chi connectivity index (χ1v) is 6.06. The molecular formula is C13H14F2N2O3. The van der Waals surface area contributed by atoms with Gasteiger partial charge in [-0.15, -0.1) is 0 Å². The van der Waals surface area contributed by atoms with Crippen LogP contribution >= 0.6 is 0 Å². The molecule has 1 heterocycles. The molecule has 2 N–H and O–H groups in total. The largest absolute Gasteiger partial charge is 0.435 e. The smallest absolute Gasteiger partial charge is 0.387 e. The van der Waals surface area contributed by atoms with Crippen LogP contribution in [0, 0.1) is 5.92 Å². The van der Waals surface area contributed by atoms with Gasteiger partial charge in [-0.1, -0.05) is 12.1 Å². The molecule has 1 saturated heterocycles. The Labute approximate surface area is 114 Å². The van der Waals surface area contributed by atoms with E-state index < -0.39 is 18.4 Å². The molecule has 1 unspecified atom stereocenters. The summed E-state index contributed by atoms with van der Waals surface area (Å²) in [7, 11) is 0. The number of carbonyl (C=O) groups is 2. The second-order valence-electron chi connectivity index (χ2n) is 4.60. The zero-order chi connectivity index (χ0) is 14.7. The molecule has 2 amide bonds. The highest BCUT2D eigenvalue weighted by atomic mass is 19.3. The second kappa shape index (κ2) is 5.85. The summed E-state index contributed by atoms with van der Waals surface area (Å²) in [5.74, 6) is -1.12. The van der Waals surface area contributed by atoms with E-state index in [0.717, 1.165) is 0 Å². The van der Waals surface area contributed by atoms with Gasteiger partial charge >= 0.3 is 6.61 Å². The molecule has 1 aliphatic heterocycles. The fourth-order valence-corrected chi connectivity index (χ4v) is 2.16. The van der Waals surface area contributed by atoms with Gasteiger partial charge in [0.1, 0.15) is 5.75 Å². The Morgan fingerprint density at radius 2 is 2.25 bits per heavy atom. The maximum Gasteiger partial charge on any atom is 0.387 e. The summed E-state index contributed by atoms with van der Waals surface area (Å²) in [6.45, 7) is -2.39. The predicted octanol–water partition coefficient (Wildman–Crippen LogP) is 1.12. The van der Waals surface area contributed by atoms with Crippen molar-refractivity contribution in [1.82, 2.24) is 4.90 Å². The van der Waals surface area contributed by atoms with Gasteiger partial charge in [-0.2, -0.15) is 8.78 Å². The van der Waals surface area contributed by atoms with Gasteiger partial charge < -0.3 is 15.4 Å². The number of nitrogens with zero attached hydrogens (tertiary/aromatic N) is 1. The highest BCUT2D eigenvalue weighted by Gasteiger charge is 2.32. The molecule has 2 rings (SSSR count). The van der Waals surface area contributed by atoms with Crippen LogP contribution in [0.2, 0.25) is 0 Å². The van der Waals surface area contributed by atoms with E-state index in [1.165, 1.54) is 17.0 Å². The minimum absolute atomic E-state index is 0.0376. The molecule has 0 aromatic heterocycles. The van der Waals surface area contributed by atoms with Crippen LogP contribution in [0.15, 0.2) is 24.3 Å². The number of hydrogen-bond acceptors (Lipinski definition) is 3. The number of ether oxygens (including phenoxy) is 1. The van der Waals surface area contributed by atoms with Crippen molar-refractivity contribution in [3.63, 3.8) is 0 Å². The standard InChI is InChI=1S/C13H14F2N2O3/c14-13(15)20-10-3-1-2-8(4-10)6-17-7-9(12(16)19)5-11(17)18/h1-4,9,13H,5-7H2,(H2,16,19). The zero-order valence-electron chi connectivity index (χ0n) is 10.6. The van der Waals surface area contributed by atoms with E-state index in [4.69, 9.17) is 5.73 Å². The van der Waals surface area contributed by atoms with Crippen LogP contribution in [0.25, 0.3) is 0 Å². The number of rotatable bonds is 5. The summed E-state index contributed by atoms with van der Waals surface area (Å²) < 4.78 is 28.5. The molecule has 108 valence electrons. The summed E-state index contributed by atoms with van der Waals surface area (Å²) in [6, 6.07) is 6.12. The normalized spacial score (nSPS) is 18.6. The Hall–Kier alpha value is -2.18. The molecule has 5 nitrogen and oxygen atoms in total. The Bertz CT molecular complexity index is 522. The van der Waals surface area contributed by atoms with Crippen LogP contribution in [0.1, 0.15) is 12.0 Å². The van der Waals surface area contributed by atoms with E-state index in [-0.39, 0.29) is 31.2 Å². The summed E-state index contributed by atoms with van der Waals surface area (Å²) in [6.07, 6.45) is 0.0998. The summed E-state index contributed by atoms with van der Waals surface area (Å²) in [4.78, 5) is 24.3. The van der Waals surface area contributed by atoms with Gasteiger partial charge in [0.25, 0.3) is 0 Å². The maximum atomic E-state index is 12.1. The Balaban J connectivity index is 2.03. The number of primary amides is 1. The van der Waals surface area contributed by atoms with E-state index in [9.17, 15) is 18.4 Å². The first-order valence-electron chi connectivity index (χ1n) is 6.06. The average Bonchev–Trinajstić information content (AvgIpc) is 2.71. The lowest BCUT2D eigenvalue weighted by atomic mass is 10.1. The molecule has 0 bridgehead atoms. The lowest BCUT2D eigenvalue weighted by Gasteiger charge is -2.16. The molecule has 1 fully saturated rings. The first-order chi connectivity index (χ1) is 9.45. The fourth-order valence-electron chi connectivity index (χ4n) is 2.16. The third-order valence-corrected chi connectivity index (χ3v) is 3.11. The van der Waals surface area contributed by atoms with E-state index in [1.54, 1.807) is 12.1 Å². The van der Waals surface area contributed by atoms with Crippen LogP contribution in [0.4, 0.5) is 8.78 Å². The maximum absolute atomic E-state index is 12.1. The molecule has 0 spiro atoms. The Morgan fingerprint density at radius 1 is 1.50 bits per heavy atom. The lowest BCUT2D eigenvalue weighted by Crippen LogP contribution is -2.28. The quantitative estimate of drug-likeness (QED) is 0.880. The van der Waals surface area contributed by atoms with Crippen molar-refractivity contribution < 1.29 is 23.1 Å². The minimum atomic E-state index is -2.89.